The summed E-state index contributed by atoms with van der Waals surface area (Å²) in [6.45, 7) is 1.96. The van der Waals surface area contributed by atoms with Crippen LogP contribution in [0.5, 0.6) is 0 Å². The average Bonchev–Trinajstić information content (AvgIpc) is 2.29. The maximum absolute atomic E-state index is 6.61. The largest absolute Gasteiger partial charge is 0.349 e. The van der Waals surface area contributed by atoms with E-state index >= 15 is 0 Å². The molecule has 0 bridgehead atoms. The average molecular weight is 310 g/mol. The molecule has 114 valence electrons. The Hall–Kier alpha value is 0.420. The molecule has 0 radical (unpaired) electrons. The van der Waals surface area contributed by atoms with Gasteiger partial charge in [-0.3, -0.25) is 0 Å². The van der Waals surface area contributed by atoms with Crippen LogP contribution in [-0.2, 0) is 0 Å². The minimum Gasteiger partial charge on any atom is -0.249 e. The Balaban J connectivity index is 3.34. The van der Waals surface area contributed by atoms with Crippen molar-refractivity contribution in [3.8, 4) is 0 Å². The van der Waals surface area contributed by atoms with Crippen molar-refractivity contribution < 1.29 is 0 Å². The second kappa shape index (κ2) is 6.46. The van der Waals surface area contributed by atoms with Gasteiger partial charge < -0.3 is 0 Å². The molecule has 3 N–H and O–H groups in total. The van der Waals surface area contributed by atoms with Gasteiger partial charge in [-0.1, -0.05) is 0 Å². The van der Waals surface area contributed by atoms with Crippen LogP contribution in [0.3, 0.4) is 0 Å². The molecule has 0 saturated carbocycles. The topological polar surface area (TPSA) is 63.4 Å². The molecule has 19 heavy (non-hydrogen) atoms. The van der Waals surface area contributed by atoms with Crippen LogP contribution in [-0.4, -0.2) is 81.1 Å². The van der Waals surface area contributed by atoms with Crippen LogP contribution in [0.4, 0.5) is 0 Å². The predicted molar refractivity (Wildman–Crippen MR) is 86.8 cm³/mol. The summed E-state index contributed by atoms with van der Waals surface area (Å²) in [4.78, 5) is 0. The van der Waals surface area contributed by atoms with Crippen LogP contribution < -0.4 is 10.6 Å². The van der Waals surface area contributed by atoms with Crippen molar-refractivity contribution in [1.82, 2.24) is 23.8 Å². The minimum atomic E-state index is -2.10. The van der Waals surface area contributed by atoms with Gasteiger partial charge in [0.2, 0.25) is 7.51 Å². The summed E-state index contributed by atoms with van der Waals surface area (Å²) >= 11 is 0. The molecule has 1 heterocycles. The number of nitrogens with one attached hydrogen (secondary N) is 1. The quantitative estimate of drug-likeness (QED) is 0.760. The molecule has 1 aliphatic rings. The highest BCUT2D eigenvalue weighted by atomic mass is 31.2. The number of hydrogen-bond acceptors (Lipinski definition) is 4. The SMILES string of the molecule is CN(C)P(=N[P+]1(N)NCCCN1C)(N(C)C)N(C)C. The molecule has 1 fully saturated rings. The maximum Gasteiger partial charge on any atom is 0.349 e. The Kier molecular flexibility index (Phi) is 5.94. The molecule has 0 amide bonds. The van der Waals surface area contributed by atoms with Gasteiger partial charge >= 0.3 is 7.87 Å². The maximum atomic E-state index is 6.61. The molecule has 1 aliphatic heterocycles. The molecule has 0 aromatic rings. The Morgan fingerprint density at radius 1 is 1.11 bits per heavy atom. The Bertz CT molecular complexity index is 329. The lowest BCUT2D eigenvalue weighted by Gasteiger charge is -2.41. The second-order valence-electron chi connectivity index (χ2n) is 5.46. The van der Waals surface area contributed by atoms with E-state index in [9.17, 15) is 0 Å². The monoisotopic (exact) mass is 310 g/mol. The molecular weight excluding hydrogens is 280 g/mol. The van der Waals surface area contributed by atoms with Crippen LogP contribution >= 0.6 is 15.4 Å². The summed E-state index contributed by atoms with van der Waals surface area (Å²) in [7, 11) is 10.5. The lowest BCUT2D eigenvalue weighted by Crippen LogP contribution is -2.41. The van der Waals surface area contributed by atoms with Crippen LogP contribution in [0.25, 0.3) is 0 Å². The summed E-state index contributed by atoms with van der Waals surface area (Å²) in [6, 6.07) is 0. The van der Waals surface area contributed by atoms with Crippen molar-refractivity contribution in [1.29, 1.82) is 0 Å². The van der Waals surface area contributed by atoms with E-state index in [0.29, 0.717) is 0 Å². The molecule has 1 atom stereocenters. The van der Waals surface area contributed by atoms with Crippen molar-refractivity contribution in [2.75, 3.05) is 62.4 Å². The fraction of sp³-hybridized carbons (Fsp3) is 1.00. The summed E-state index contributed by atoms with van der Waals surface area (Å²) in [5.41, 5.74) is 6.61. The molecular formula is C10H30N7P2+. The summed E-state index contributed by atoms with van der Waals surface area (Å²) < 4.78 is 14.0. The Morgan fingerprint density at radius 3 is 1.95 bits per heavy atom. The van der Waals surface area contributed by atoms with Gasteiger partial charge in [-0.15, -0.1) is 9.76 Å². The van der Waals surface area contributed by atoms with Gasteiger partial charge in [0.1, 0.15) is 0 Å². The van der Waals surface area contributed by atoms with E-state index in [1.54, 1.807) is 0 Å². The smallest absolute Gasteiger partial charge is 0.249 e. The van der Waals surface area contributed by atoms with E-state index in [1.807, 2.05) is 0 Å². The van der Waals surface area contributed by atoms with Crippen molar-refractivity contribution >= 4 is 15.4 Å². The van der Waals surface area contributed by atoms with E-state index in [2.05, 4.69) is 73.1 Å². The number of nitrogens with zero attached hydrogens (tertiary/aromatic N) is 5. The van der Waals surface area contributed by atoms with Gasteiger partial charge in [0.15, 0.2) is 0 Å². The van der Waals surface area contributed by atoms with Crippen LogP contribution in [0.2, 0.25) is 0 Å². The molecule has 0 aromatic heterocycles. The van der Waals surface area contributed by atoms with Gasteiger partial charge in [-0.25, -0.2) is 14.0 Å². The Morgan fingerprint density at radius 2 is 1.58 bits per heavy atom. The van der Waals surface area contributed by atoms with Crippen LogP contribution in [0.15, 0.2) is 4.52 Å². The van der Waals surface area contributed by atoms with Crippen LogP contribution in [0.1, 0.15) is 6.42 Å². The first kappa shape index (κ1) is 17.5. The predicted octanol–water partition coefficient (Wildman–Crippen LogP) is 1.18. The fourth-order valence-electron chi connectivity index (χ4n) is 2.42. The van der Waals surface area contributed by atoms with E-state index < -0.39 is 15.4 Å². The molecule has 0 spiro atoms. The zero-order chi connectivity index (χ0) is 14.8. The van der Waals surface area contributed by atoms with Crippen molar-refractivity contribution in [2.45, 2.75) is 6.42 Å². The first-order chi connectivity index (χ1) is 8.67. The summed E-state index contributed by atoms with van der Waals surface area (Å²) in [5, 5.41) is 3.46. The highest BCUT2D eigenvalue weighted by molar-refractivity contribution is 7.75. The molecule has 0 aromatic carbocycles. The molecule has 7 nitrogen and oxygen atoms in total. The number of hydrogen-bond donors (Lipinski definition) is 2. The highest BCUT2D eigenvalue weighted by Gasteiger charge is 2.47. The third-order valence-electron chi connectivity index (χ3n) is 3.39. The van der Waals surface area contributed by atoms with Crippen molar-refractivity contribution in [2.24, 2.45) is 10.0 Å². The van der Waals surface area contributed by atoms with Gasteiger partial charge in [0, 0.05) is 20.1 Å². The number of nitrogens with two attached hydrogens (primary N) is 1. The van der Waals surface area contributed by atoms with Crippen LogP contribution in [0, 0.1) is 0 Å². The fourth-order valence-corrected chi connectivity index (χ4v) is 9.93. The number of rotatable bonds is 4. The van der Waals surface area contributed by atoms with E-state index in [0.717, 1.165) is 19.5 Å². The lowest BCUT2D eigenvalue weighted by atomic mass is 10.4. The summed E-state index contributed by atoms with van der Waals surface area (Å²) in [5.74, 6) is 0. The zero-order valence-electron chi connectivity index (χ0n) is 13.3. The van der Waals surface area contributed by atoms with Crippen molar-refractivity contribution in [3.63, 3.8) is 0 Å². The first-order valence-electron chi connectivity index (χ1n) is 6.48. The van der Waals surface area contributed by atoms with E-state index in [4.69, 9.17) is 10.0 Å². The first-order valence-corrected chi connectivity index (χ1v) is 9.85. The molecule has 1 saturated heterocycles. The second-order valence-corrected chi connectivity index (χ2v) is 11.9. The molecule has 1 rings (SSSR count). The van der Waals surface area contributed by atoms with Gasteiger partial charge in [0.25, 0.3) is 0 Å². The molecule has 1 unspecified atom stereocenters. The van der Waals surface area contributed by atoms with Gasteiger partial charge in [-0.05, 0) is 53.2 Å². The van der Waals surface area contributed by atoms with E-state index in [1.165, 1.54) is 0 Å². The zero-order valence-corrected chi connectivity index (χ0v) is 15.1. The van der Waals surface area contributed by atoms with Crippen molar-refractivity contribution in [3.05, 3.63) is 0 Å². The normalized spacial score (nSPS) is 26.5. The lowest BCUT2D eigenvalue weighted by molar-refractivity contribution is 0.460. The third-order valence-corrected chi connectivity index (χ3v) is 10.6. The summed E-state index contributed by atoms with van der Waals surface area (Å²) in [6.07, 6.45) is 1.13. The van der Waals surface area contributed by atoms with Gasteiger partial charge in [0.05, 0.1) is 0 Å². The standard InChI is InChI=1S/C10H30N7P2/c1-14(2)19(15(3)4,16(5)6)13-18(11)12-9-8-10-17(18)7/h12H,8-11H2,1-7H3/q+1. The Labute approximate surface area is 118 Å². The minimum absolute atomic E-state index is 0.951. The molecule has 0 aliphatic carbocycles. The van der Waals surface area contributed by atoms with Gasteiger partial charge in [-0.2, -0.15) is 5.50 Å². The highest BCUT2D eigenvalue weighted by Crippen LogP contribution is 2.66. The molecule has 9 heteroatoms. The van der Waals surface area contributed by atoms with E-state index in [-0.39, 0.29) is 0 Å². The third kappa shape index (κ3) is 3.36.